The van der Waals surface area contributed by atoms with Gasteiger partial charge >= 0.3 is 0 Å². The van der Waals surface area contributed by atoms with Gasteiger partial charge in [0.2, 0.25) is 5.91 Å². The highest BCUT2D eigenvalue weighted by Crippen LogP contribution is 2.39. The first-order valence-corrected chi connectivity index (χ1v) is 8.38. The van der Waals surface area contributed by atoms with Crippen molar-refractivity contribution in [2.24, 2.45) is 5.73 Å². The molecule has 0 aliphatic heterocycles. The Labute approximate surface area is 140 Å². The molecule has 3 nitrogen and oxygen atoms in total. The van der Waals surface area contributed by atoms with Crippen LogP contribution >= 0.6 is 33.9 Å². The summed E-state index contributed by atoms with van der Waals surface area (Å²) in [7, 11) is 0. The maximum atomic E-state index is 12.1. The van der Waals surface area contributed by atoms with Gasteiger partial charge in [0.15, 0.2) is 3.42 Å². The van der Waals surface area contributed by atoms with E-state index in [9.17, 15) is 4.79 Å². The van der Waals surface area contributed by atoms with Crippen LogP contribution in [0.1, 0.15) is 10.6 Å². The summed E-state index contributed by atoms with van der Waals surface area (Å²) in [6.07, 6.45) is 0.545. The molecule has 2 N–H and O–H groups in total. The molecule has 106 valence electrons. The molecule has 5 heteroatoms. The van der Waals surface area contributed by atoms with Crippen LogP contribution in [0.3, 0.4) is 0 Å². The maximum Gasteiger partial charge on any atom is 0.240 e. The molecule has 0 bridgehead atoms. The van der Waals surface area contributed by atoms with Crippen LogP contribution in [0.2, 0.25) is 0 Å². The Balaban J connectivity index is 2.06. The number of alkyl halides is 1. The molecule has 0 saturated heterocycles. The molecular weight excluding hydrogens is 395 g/mol. The molecule has 1 atom stereocenters. The Morgan fingerprint density at radius 3 is 2.48 bits per heavy atom. The highest BCUT2D eigenvalue weighted by Gasteiger charge is 2.39. The second kappa shape index (κ2) is 5.73. The molecule has 1 heterocycles. The highest BCUT2D eigenvalue weighted by atomic mass is 127. The van der Waals surface area contributed by atoms with Crippen molar-refractivity contribution in [3.05, 3.63) is 65.2 Å². The summed E-state index contributed by atoms with van der Waals surface area (Å²) in [4.78, 5) is 16.7. The molecule has 0 aliphatic rings. The van der Waals surface area contributed by atoms with E-state index in [1.807, 2.05) is 54.6 Å². The normalized spacial score (nSPS) is 14.0. The van der Waals surface area contributed by atoms with E-state index in [1.165, 1.54) is 11.3 Å². The van der Waals surface area contributed by atoms with Crippen molar-refractivity contribution in [2.75, 3.05) is 0 Å². The van der Waals surface area contributed by atoms with E-state index in [0.717, 1.165) is 20.8 Å². The molecule has 0 radical (unpaired) electrons. The predicted molar refractivity (Wildman–Crippen MR) is 94.7 cm³/mol. The molecule has 0 fully saturated rings. The molecule has 0 spiro atoms. The zero-order valence-electron chi connectivity index (χ0n) is 11.1. The van der Waals surface area contributed by atoms with Crippen molar-refractivity contribution in [1.82, 2.24) is 4.98 Å². The Hall–Kier alpha value is -1.47. The van der Waals surface area contributed by atoms with Crippen LogP contribution in [0, 0.1) is 0 Å². The first kappa shape index (κ1) is 14.5. The number of carbonyl (C=O) groups is 1. The quantitative estimate of drug-likeness (QED) is 0.529. The van der Waals surface area contributed by atoms with Gasteiger partial charge < -0.3 is 5.73 Å². The largest absolute Gasteiger partial charge is 0.368 e. The number of primary amides is 1. The smallest absolute Gasteiger partial charge is 0.240 e. The second-order valence-corrected chi connectivity index (χ2v) is 7.69. The van der Waals surface area contributed by atoms with E-state index in [0.29, 0.717) is 6.42 Å². The number of fused-ring (bicyclic) bond motifs is 1. The van der Waals surface area contributed by atoms with Gasteiger partial charge in [-0.2, -0.15) is 0 Å². The Morgan fingerprint density at radius 2 is 1.81 bits per heavy atom. The fraction of sp³-hybridized carbons (Fsp3) is 0.125. The third-order valence-electron chi connectivity index (χ3n) is 3.31. The lowest BCUT2D eigenvalue weighted by molar-refractivity contribution is -0.120. The molecule has 3 aromatic rings. The molecule has 3 rings (SSSR count). The number of hydrogen-bond acceptors (Lipinski definition) is 3. The SMILES string of the molecule is NC(=O)C(I)(Cc1ccccc1)c1nc2ccccc2s1. The summed E-state index contributed by atoms with van der Waals surface area (Å²) in [6.45, 7) is 0. The summed E-state index contributed by atoms with van der Waals surface area (Å²) in [5.74, 6) is -0.356. The van der Waals surface area contributed by atoms with E-state index in [1.54, 1.807) is 0 Å². The third-order valence-corrected chi connectivity index (χ3v) is 6.30. The number of rotatable bonds is 4. The lowest BCUT2D eigenvalue weighted by Gasteiger charge is -2.21. The summed E-state index contributed by atoms with van der Waals surface area (Å²) in [6, 6.07) is 17.8. The van der Waals surface area contributed by atoms with Crippen molar-refractivity contribution >= 4 is 50.1 Å². The molecular formula is C16H13IN2OS. The first-order valence-electron chi connectivity index (χ1n) is 6.48. The predicted octanol–water partition coefficient (Wildman–Crippen LogP) is 3.65. The van der Waals surface area contributed by atoms with Crippen LogP contribution < -0.4 is 5.73 Å². The van der Waals surface area contributed by atoms with E-state index in [4.69, 9.17) is 5.73 Å². The van der Waals surface area contributed by atoms with Gasteiger partial charge in [0, 0.05) is 6.42 Å². The van der Waals surface area contributed by atoms with Gasteiger partial charge in [0.05, 0.1) is 10.2 Å². The minimum atomic E-state index is -0.817. The zero-order chi connectivity index (χ0) is 14.9. The number of hydrogen-bond donors (Lipinski definition) is 1. The number of para-hydroxylation sites is 1. The molecule has 2 aromatic carbocycles. The number of thiazole rings is 1. The summed E-state index contributed by atoms with van der Waals surface area (Å²) in [5, 5.41) is 0.764. The van der Waals surface area contributed by atoms with E-state index in [-0.39, 0.29) is 5.91 Å². The Morgan fingerprint density at radius 1 is 1.14 bits per heavy atom. The van der Waals surface area contributed by atoms with Crippen LogP contribution in [0.15, 0.2) is 54.6 Å². The molecule has 0 saturated carbocycles. The van der Waals surface area contributed by atoms with Crippen LogP contribution in [0.5, 0.6) is 0 Å². The first-order chi connectivity index (χ1) is 10.1. The van der Waals surface area contributed by atoms with Crippen LogP contribution in [0.4, 0.5) is 0 Å². The van der Waals surface area contributed by atoms with Crippen LogP contribution in [-0.2, 0) is 14.6 Å². The zero-order valence-corrected chi connectivity index (χ0v) is 14.1. The number of halogens is 1. The van der Waals surface area contributed by atoms with Crippen molar-refractivity contribution in [3.8, 4) is 0 Å². The number of aromatic nitrogens is 1. The van der Waals surface area contributed by atoms with E-state index in [2.05, 4.69) is 27.6 Å². The minimum absolute atomic E-state index is 0.356. The maximum absolute atomic E-state index is 12.1. The minimum Gasteiger partial charge on any atom is -0.368 e. The Bertz CT molecular complexity index is 754. The monoisotopic (exact) mass is 408 g/mol. The topological polar surface area (TPSA) is 56.0 Å². The molecule has 1 unspecified atom stereocenters. The van der Waals surface area contributed by atoms with Crippen LogP contribution in [0.25, 0.3) is 10.2 Å². The van der Waals surface area contributed by atoms with Crippen LogP contribution in [-0.4, -0.2) is 10.9 Å². The van der Waals surface area contributed by atoms with Gasteiger partial charge in [-0.3, -0.25) is 4.79 Å². The lowest BCUT2D eigenvalue weighted by Crippen LogP contribution is -2.37. The third kappa shape index (κ3) is 2.80. The van der Waals surface area contributed by atoms with Crippen molar-refractivity contribution in [2.45, 2.75) is 9.84 Å². The fourth-order valence-corrected chi connectivity index (χ4v) is 4.13. The van der Waals surface area contributed by atoms with Crippen molar-refractivity contribution < 1.29 is 4.79 Å². The molecule has 1 amide bonds. The summed E-state index contributed by atoms with van der Waals surface area (Å²) < 4.78 is 0.255. The number of nitrogens with zero attached hydrogens (tertiary/aromatic N) is 1. The van der Waals surface area contributed by atoms with Gasteiger partial charge in [0.1, 0.15) is 5.01 Å². The van der Waals surface area contributed by atoms with E-state index < -0.39 is 3.42 Å². The van der Waals surface area contributed by atoms with Gasteiger partial charge in [-0.05, 0) is 17.7 Å². The highest BCUT2D eigenvalue weighted by molar-refractivity contribution is 14.1. The fourth-order valence-electron chi connectivity index (χ4n) is 2.19. The van der Waals surface area contributed by atoms with E-state index >= 15 is 0 Å². The standard InChI is InChI=1S/C16H13IN2OS/c17-16(14(18)20,10-11-6-2-1-3-7-11)15-19-12-8-4-5-9-13(12)21-15/h1-9H,10H2,(H2,18,20). The molecule has 21 heavy (non-hydrogen) atoms. The van der Waals surface area contributed by atoms with Gasteiger partial charge in [-0.25, -0.2) is 4.98 Å². The lowest BCUT2D eigenvalue weighted by atomic mass is 9.99. The number of nitrogens with two attached hydrogens (primary N) is 1. The Kier molecular flexibility index (Phi) is 3.95. The number of benzene rings is 2. The number of carbonyl (C=O) groups excluding carboxylic acids is 1. The van der Waals surface area contributed by atoms with Crippen molar-refractivity contribution in [1.29, 1.82) is 0 Å². The average molecular weight is 408 g/mol. The molecule has 1 aromatic heterocycles. The summed E-state index contributed by atoms with van der Waals surface area (Å²) >= 11 is 3.67. The average Bonchev–Trinajstić information content (AvgIpc) is 2.92. The molecule has 0 aliphatic carbocycles. The van der Waals surface area contributed by atoms with Gasteiger partial charge in [-0.1, -0.05) is 65.1 Å². The van der Waals surface area contributed by atoms with Gasteiger partial charge in [-0.15, -0.1) is 11.3 Å². The number of amides is 1. The second-order valence-electron chi connectivity index (χ2n) is 4.81. The van der Waals surface area contributed by atoms with Crippen molar-refractivity contribution in [3.63, 3.8) is 0 Å². The van der Waals surface area contributed by atoms with Gasteiger partial charge in [0.25, 0.3) is 0 Å². The summed E-state index contributed by atoms with van der Waals surface area (Å²) in [5.41, 5.74) is 7.68.